The fourth-order valence-corrected chi connectivity index (χ4v) is 3.96. The number of hydrogen-bond donors (Lipinski definition) is 1. The number of pyridine rings is 1. The van der Waals surface area contributed by atoms with Crippen LogP contribution >= 0.6 is 31.9 Å². The van der Waals surface area contributed by atoms with Crippen LogP contribution in [0.4, 0.5) is 15.3 Å². The lowest BCUT2D eigenvalue weighted by molar-refractivity contribution is 0.0430. The summed E-state index contributed by atoms with van der Waals surface area (Å²) in [6.07, 6.45) is 1.85. The Morgan fingerprint density at radius 2 is 1.69 bits per heavy atom. The topological polar surface area (TPSA) is 120 Å². The van der Waals surface area contributed by atoms with Crippen molar-refractivity contribution in [2.24, 2.45) is 7.05 Å². The third-order valence-electron chi connectivity index (χ3n) is 4.85. The molecule has 0 atom stereocenters. The van der Waals surface area contributed by atoms with Gasteiger partial charge in [-0.1, -0.05) is 5.92 Å². The Balaban J connectivity index is 1.81. The number of fused-ring (bicyclic) bond motifs is 1. The molecule has 208 valence electrons. The van der Waals surface area contributed by atoms with E-state index in [1.807, 2.05) is 0 Å². The maximum atomic E-state index is 13.1. The average molecular weight is 666 g/mol. The standard InChI is InChI=1S/C26H30Br2N6O5/c1-25(2,3)38-23(36)34(24(37)39-26(4,5)6)17-12-10-14-33-16(15-30-20(17)33)11-8-9-13-29-22(35)21-31-18(27)19(28)32(21)7/h10,12,14-15H,9,13H2,1-7H3,(H,29,35). The van der Waals surface area contributed by atoms with Crippen molar-refractivity contribution in [3.8, 4) is 11.8 Å². The molecule has 0 saturated carbocycles. The summed E-state index contributed by atoms with van der Waals surface area (Å²) in [6.45, 7) is 10.5. The molecule has 0 aliphatic rings. The molecule has 1 N–H and O–H groups in total. The van der Waals surface area contributed by atoms with Gasteiger partial charge in [0.2, 0.25) is 5.82 Å². The fourth-order valence-electron chi connectivity index (χ4n) is 3.27. The normalized spacial score (nSPS) is 11.5. The van der Waals surface area contributed by atoms with Crippen LogP contribution in [0.3, 0.4) is 0 Å². The van der Waals surface area contributed by atoms with E-state index in [9.17, 15) is 14.4 Å². The van der Waals surface area contributed by atoms with Gasteiger partial charge in [0.25, 0.3) is 5.91 Å². The van der Waals surface area contributed by atoms with Crippen LogP contribution in [0, 0.1) is 11.8 Å². The lowest BCUT2D eigenvalue weighted by Gasteiger charge is -2.28. The second-order valence-corrected chi connectivity index (χ2v) is 11.9. The van der Waals surface area contributed by atoms with E-state index in [1.54, 1.807) is 75.9 Å². The Kier molecular flexibility index (Phi) is 9.12. The van der Waals surface area contributed by atoms with E-state index in [2.05, 4.69) is 59.0 Å². The van der Waals surface area contributed by atoms with Gasteiger partial charge in [0, 0.05) is 26.2 Å². The van der Waals surface area contributed by atoms with Crippen LogP contribution in [-0.2, 0) is 16.5 Å². The summed E-state index contributed by atoms with van der Waals surface area (Å²) in [6, 6.07) is 3.25. The molecule has 0 aliphatic carbocycles. The molecule has 11 nitrogen and oxygen atoms in total. The molecule has 0 spiro atoms. The first-order valence-corrected chi connectivity index (χ1v) is 13.5. The number of nitrogens with zero attached hydrogens (tertiary/aromatic N) is 5. The minimum atomic E-state index is -0.886. The number of rotatable bonds is 4. The first-order valence-electron chi connectivity index (χ1n) is 12.0. The number of imidazole rings is 2. The first-order chi connectivity index (χ1) is 18.1. The van der Waals surface area contributed by atoms with Gasteiger partial charge in [0.1, 0.15) is 31.8 Å². The number of hydrogen-bond acceptors (Lipinski definition) is 7. The predicted molar refractivity (Wildman–Crippen MR) is 153 cm³/mol. The van der Waals surface area contributed by atoms with Crippen molar-refractivity contribution in [1.29, 1.82) is 0 Å². The summed E-state index contributed by atoms with van der Waals surface area (Å²) in [5.74, 6) is 5.96. The van der Waals surface area contributed by atoms with Gasteiger partial charge in [0.05, 0.1) is 6.20 Å². The molecule has 0 radical (unpaired) electrons. The van der Waals surface area contributed by atoms with E-state index in [0.717, 1.165) is 4.90 Å². The third-order valence-corrected chi connectivity index (χ3v) is 6.84. The highest BCUT2D eigenvalue weighted by atomic mass is 79.9. The fraction of sp³-hybridized carbons (Fsp3) is 0.423. The van der Waals surface area contributed by atoms with Gasteiger partial charge in [-0.2, -0.15) is 4.90 Å². The van der Waals surface area contributed by atoms with Crippen LogP contribution in [0.15, 0.2) is 33.7 Å². The van der Waals surface area contributed by atoms with Crippen molar-refractivity contribution < 1.29 is 23.9 Å². The molecule has 3 amide bonds. The van der Waals surface area contributed by atoms with Crippen molar-refractivity contribution >= 4 is 61.3 Å². The summed E-state index contributed by atoms with van der Waals surface area (Å²) in [7, 11) is 1.72. The Morgan fingerprint density at radius 3 is 2.23 bits per heavy atom. The summed E-state index contributed by atoms with van der Waals surface area (Å²) in [5, 5.41) is 2.79. The van der Waals surface area contributed by atoms with Crippen molar-refractivity contribution in [2.75, 3.05) is 11.4 Å². The number of aromatic nitrogens is 4. The summed E-state index contributed by atoms with van der Waals surface area (Å²) in [5.41, 5.74) is -0.643. The molecular weight excluding hydrogens is 636 g/mol. The van der Waals surface area contributed by atoms with Crippen molar-refractivity contribution in [3.63, 3.8) is 0 Å². The van der Waals surface area contributed by atoms with Crippen LogP contribution in [-0.4, -0.2) is 54.8 Å². The number of carbonyl (C=O) groups excluding carboxylic acids is 3. The molecule has 0 unspecified atom stereocenters. The van der Waals surface area contributed by atoms with Gasteiger partial charge in [-0.3, -0.25) is 9.20 Å². The van der Waals surface area contributed by atoms with Gasteiger partial charge in [0.15, 0.2) is 5.65 Å². The smallest absolute Gasteiger partial charge is 0.424 e. The largest absolute Gasteiger partial charge is 0.443 e. The number of imide groups is 1. The molecule has 3 aromatic rings. The molecule has 0 saturated heterocycles. The van der Waals surface area contributed by atoms with Crippen molar-refractivity contribution in [2.45, 2.75) is 59.2 Å². The number of amides is 3. The first kappa shape index (κ1) is 30.2. The molecule has 3 heterocycles. The second kappa shape index (κ2) is 11.8. The zero-order chi connectivity index (χ0) is 29.1. The highest BCUT2D eigenvalue weighted by molar-refractivity contribution is 9.13. The highest BCUT2D eigenvalue weighted by Gasteiger charge is 2.34. The number of ether oxygens (including phenoxy) is 2. The predicted octanol–water partition coefficient (Wildman–Crippen LogP) is 5.44. The Labute approximate surface area is 243 Å². The van der Waals surface area contributed by atoms with Crippen LogP contribution in [0.5, 0.6) is 0 Å². The second-order valence-electron chi connectivity index (χ2n) is 10.4. The van der Waals surface area contributed by atoms with Gasteiger partial charge in [-0.25, -0.2) is 19.6 Å². The molecule has 0 aliphatic heterocycles. The maximum absolute atomic E-state index is 13.1. The van der Waals surface area contributed by atoms with Gasteiger partial charge < -0.3 is 19.4 Å². The highest BCUT2D eigenvalue weighted by Crippen LogP contribution is 2.26. The van der Waals surface area contributed by atoms with Crippen LogP contribution in [0.2, 0.25) is 0 Å². The molecule has 0 fully saturated rings. The lowest BCUT2D eigenvalue weighted by atomic mass is 10.2. The minimum Gasteiger partial charge on any atom is -0.443 e. The molecule has 0 bridgehead atoms. The van der Waals surface area contributed by atoms with E-state index in [4.69, 9.17) is 9.47 Å². The van der Waals surface area contributed by atoms with E-state index in [0.29, 0.717) is 33.5 Å². The average Bonchev–Trinajstić information content (AvgIpc) is 3.33. The zero-order valence-electron chi connectivity index (χ0n) is 22.8. The van der Waals surface area contributed by atoms with Crippen LogP contribution in [0.25, 0.3) is 5.65 Å². The third kappa shape index (κ3) is 7.60. The zero-order valence-corrected chi connectivity index (χ0v) is 25.9. The van der Waals surface area contributed by atoms with E-state index in [1.165, 1.54) is 6.20 Å². The van der Waals surface area contributed by atoms with Crippen molar-refractivity contribution in [3.05, 3.63) is 45.3 Å². The molecule has 0 aromatic carbocycles. The Bertz CT molecular complexity index is 1440. The maximum Gasteiger partial charge on any atom is 0.424 e. The number of nitrogens with one attached hydrogen (secondary N) is 1. The molecule has 39 heavy (non-hydrogen) atoms. The SMILES string of the molecule is Cn1c(C(=O)NCCC#Cc2cnc3c(N(C(=O)OC(C)(C)C)C(=O)OC(C)(C)C)cccn23)nc(Br)c1Br. The van der Waals surface area contributed by atoms with Crippen molar-refractivity contribution in [1.82, 2.24) is 24.3 Å². The molecule has 3 aromatic heterocycles. The Hall–Kier alpha value is -3.37. The lowest BCUT2D eigenvalue weighted by Crippen LogP contribution is -2.44. The van der Waals surface area contributed by atoms with Gasteiger partial charge in [-0.05, 0) is 91.5 Å². The molecule has 13 heteroatoms. The number of halogens is 2. The summed E-state index contributed by atoms with van der Waals surface area (Å²) in [4.78, 5) is 48.0. The Morgan fingerprint density at radius 1 is 1.08 bits per heavy atom. The molecule has 3 rings (SSSR count). The van der Waals surface area contributed by atoms with E-state index < -0.39 is 23.4 Å². The van der Waals surface area contributed by atoms with E-state index in [-0.39, 0.29) is 17.4 Å². The monoisotopic (exact) mass is 664 g/mol. The number of carbonyl (C=O) groups is 3. The summed E-state index contributed by atoms with van der Waals surface area (Å²) < 4.78 is 15.4. The summed E-state index contributed by atoms with van der Waals surface area (Å²) >= 11 is 6.63. The quantitative estimate of drug-likeness (QED) is 0.291. The van der Waals surface area contributed by atoms with Crippen LogP contribution < -0.4 is 10.2 Å². The number of anilines is 1. The van der Waals surface area contributed by atoms with Crippen LogP contribution in [0.1, 0.15) is 64.3 Å². The van der Waals surface area contributed by atoms with E-state index >= 15 is 0 Å². The van der Waals surface area contributed by atoms with Gasteiger partial charge >= 0.3 is 12.2 Å². The molecular formula is C26H30Br2N6O5. The minimum absolute atomic E-state index is 0.189. The van der Waals surface area contributed by atoms with Gasteiger partial charge in [-0.15, -0.1) is 0 Å².